The molecule has 138 valence electrons. The van der Waals surface area contributed by atoms with E-state index in [1.807, 2.05) is 30.3 Å². The van der Waals surface area contributed by atoms with Crippen LogP contribution in [0.5, 0.6) is 5.75 Å². The molecule has 0 aliphatic carbocycles. The molecule has 0 radical (unpaired) electrons. The summed E-state index contributed by atoms with van der Waals surface area (Å²) in [5.41, 5.74) is 7.97. The number of anilines is 1. The van der Waals surface area contributed by atoms with Gasteiger partial charge in [0.05, 0.1) is 18.4 Å². The van der Waals surface area contributed by atoms with Gasteiger partial charge in [-0.25, -0.2) is 4.98 Å². The fourth-order valence-corrected chi connectivity index (χ4v) is 3.21. The van der Waals surface area contributed by atoms with Crippen LogP contribution < -0.4 is 15.4 Å². The Morgan fingerprint density at radius 1 is 1.15 bits per heavy atom. The standard InChI is InChI=1S/C20H26N4O2/c1-23-10-12-24(13-11-23)19-9-7-17(20(21)25)18(22-19)8-6-15-4-3-5-16(14-15)26-2/h3-5,7,9,14H,6,8,10-13H2,1-2H3,(H2,21,25). The second kappa shape index (κ2) is 8.19. The summed E-state index contributed by atoms with van der Waals surface area (Å²) in [4.78, 5) is 21.1. The Labute approximate surface area is 154 Å². The van der Waals surface area contributed by atoms with Gasteiger partial charge in [-0.05, 0) is 49.7 Å². The third-order valence-electron chi connectivity index (χ3n) is 4.84. The van der Waals surface area contributed by atoms with Crippen LogP contribution in [0.1, 0.15) is 21.6 Å². The predicted octanol–water partition coefficient (Wildman–Crippen LogP) is 1.73. The van der Waals surface area contributed by atoms with Crippen LogP contribution >= 0.6 is 0 Å². The lowest BCUT2D eigenvalue weighted by atomic mass is 10.0. The van der Waals surface area contributed by atoms with Gasteiger partial charge >= 0.3 is 0 Å². The second-order valence-electron chi connectivity index (χ2n) is 6.67. The highest BCUT2D eigenvalue weighted by molar-refractivity contribution is 5.94. The number of methoxy groups -OCH3 is 1. The van der Waals surface area contributed by atoms with Crippen molar-refractivity contribution >= 4 is 11.7 Å². The van der Waals surface area contributed by atoms with Crippen molar-refractivity contribution in [2.45, 2.75) is 12.8 Å². The van der Waals surface area contributed by atoms with Gasteiger partial charge in [0, 0.05) is 26.2 Å². The van der Waals surface area contributed by atoms with Crippen LogP contribution in [0, 0.1) is 0 Å². The lowest BCUT2D eigenvalue weighted by molar-refractivity contribution is 0.0999. The molecular formula is C20H26N4O2. The Bertz CT molecular complexity index is 770. The van der Waals surface area contributed by atoms with Crippen LogP contribution in [-0.2, 0) is 12.8 Å². The molecule has 0 atom stereocenters. The van der Waals surface area contributed by atoms with Crippen LogP contribution in [0.15, 0.2) is 36.4 Å². The third-order valence-corrected chi connectivity index (χ3v) is 4.84. The van der Waals surface area contributed by atoms with E-state index in [1.165, 1.54) is 0 Å². The van der Waals surface area contributed by atoms with E-state index in [4.69, 9.17) is 15.5 Å². The van der Waals surface area contributed by atoms with Crippen LogP contribution in [0.25, 0.3) is 0 Å². The Balaban J connectivity index is 1.79. The summed E-state index contributed by atoms with van der Waals surface area (Å²) in [6.07, 6.45) is 1.43. The summed E-state index contributed by atoms with van der Waals surface area (Å²) < 4.78 is 5.28. The molecule has 1 aromatic carbocycles. The summed E-state index contributed by atoms with van der Waals surface area (Å²) in [6.45, 7) is 3.90. The molecule has 2 N–H and O–H groups in total. The number of ether oxygens (including phenoxy) is 1. The molecule has 0 saturated carbocycles. The van der Waals surface area contributed by atoms with Crippen molar-refractivity contribution in [3.05, 3.63) is 53.2 Å². The topological polar surface area (TPSA) is 71.7 Å². The zero-order valence-electron chi connectivity index (χ0n) is 15.4. The molecule has 1 aliphatic heterocycles. The minimum absolute atomic E-state index is 0.428. The van der Waals surface area contributed by atoms with Gasteiger partial charge < -0.3 is 20.3 Å². The first kappa shape index (κ1) is 18.2. The molecule has 1 aliphatic rings. The van der Waals surface area contributed by atoms with Crippen LogP contribution in [0.2, 0.25) is 0 Å². The second-order valence-corrected chi connectivity index (χ2v) is 6.67. The molecule has 0 spiro atoms. The van der Waals surface area contributed by atoms with Gasteiger partial charge in [-0.3, -0.25) is 4.79 Å². The van der Waals surface area contributed by atoms with E-state index in [-0.39, 0.29) is 0 Å². The number of primary amides is 1. The molecule has 26 heavy (non-hydrogen) atoms. The maximum atomic E-state index is 11.8. The molecular weight excluding hydrogens is 328 g/mol. The lowest BCUT2D eigenvalue weighted by Crippen LogP contribution is -2.44. The summed E-state index contributed by atoms with van der Waals surface area (Å²) in [7, 11) is 3.78. The third kappa shape index (κ3) is 4.32. The zero-order valence-corrected chi connectivity index (χ0v) is 15.4. The van der Waals surface area contributed by atoms with E-state index in [1.54, 1.807) is 7.11 Å². The van der Waals surface area contributed by atoms with Crippen molar-refractivity contribution < 1.29 is 9.53 Å². The number of likely N-dealkylation sites (N-methyl/N-ethyl adjacent to an activating group) is 1. The molecule has 1 saturated heterocycles. The van der Waals surface area contributed by atoms with Gasteiger partial charge in [0.15, 0.2) is 0 Å². The number of benzene rings is 1. The Kier molecular flexibility index (Phi) is 5.73. The fraction of sp³-hybridized carbons (Fsp3) is 0.400. The highest BCUT2D eigenvalue weighted by Crippen LogP contribution is 2.20. The lowest BCUT2D eigenvalue weighted by Gasteiger charge is -2.33. The summed E-state index contributed by atoms with van der Waals surface area (Å²) in [6, 6.07) is 11.7. The number of hydrogen-bond donors (Lipinski definition) is 1. The maximum absolute atomic E-state index is 11.8. The van der Waals surface area contributed by atoms with E-state index in [2.05, 4.69) is 22.9 Å². The minimum Gasteiger partial charge on any atom is -0.497 e. The van der Waals surface area contributed by atoms with E-state index >= 15 is 0 Å². The predicted molar refractivity (Wildman–Crippen MR) is 103 cm³/mol. The largest absolute Gasteiger partial charge is 0.497 e. The molecule has 3 rings (SSSR count). The van der Waals surface area contributed by atoms with E-state index in [0.717, 1.165) is 55.4 Å². The first-order valence-electron chi connectivity index (χ1n) is 8.93. The average Bonchev–Trinajstić information content (AvgIpc) is 2.66. The molecule has 1 amide bonds. The quantitative estimate of drug-likeness (QED) is 0.855. The molecule has 6 heteroatoms. The van der Waals surface area contributed by atoms with Gasteiger partial charge in [-0.1, -0.05) is 12.1 Å². The highest BCUT2D eigenvalue weighted by atomic mass is 16.5. The van der Waals surface area contributed by atoms with E-state index in [9.17, 15) is 4.79 Å². The summed E-state index contributed by atoms with van der Waals surface area (Å²) >= 11 is 0. The first-order valence-corrected chi connectivity index (χ1v) is 8.93. The molecule has 6 nitrogen and oxygen atoms in total. The number of carbonyl (C=O) groups is 1. The number of piperazine rings is 1. The average molecular weight is 354 g/mol. The molecule has 2 heterocycles. The van der Waals surface area contributed by atoms with E-state index in [0.29, 0.717) is 12.0 Å². The van der Waals surface area contributed by atoms with Gasteiger partial charge in [-0.15, -0.1) is 0 Å². The highest BCUT2D eigenvalue weighted by Gasteiger charge is 2.18. The normalized spacial score (nSPS) is 15.1. The number of pyridine rings is 1. The van der Waals surface area contributed by atoms with Crippen molar-refractivity contribution in [3.8, 4) is 5.75 Å². The van der Waals surface area contributed by atoms with Crippen LogP contribution in [-0.4, -0.2) is 56.1 Å². The molecule has 1 fully saturated rings. The van der Waals surface area contributed by atoms with Crippen molar-refractivity contribution in [2.24, 2.45) is 5.73 Å². The molecule has 2 aromatic rings. The number of aromatic nitrogens is 1. The van der Waals surface area contributed by atoms with Crippen molar-refractivity contribution in [2.75, 3.05) is 45.2 Å². The fourth-order valence-electron chi connectivity index (χ4n) is 3.21. The van der Waals surface area contributed by atoms with Gasteiger partial charge in [0.25, 0.3) is 5.91 Å². The molecule has 0 unspecified atom stereocenters. The van der Waals surface area contributed by atoms with Gasteiger partial charge in [0.1, 0.15) is 11.6 Å². The van der Waals surface area contributed by atoms with Crippen molar-refractivity contribution in [3.63, 3.8) is 0 Å². The SMILES string of the molecule is COc1cccc(CCc2nc(N3CCN(C)CC3)ccc2C(N)=O)c1. The number of aryl methyl sites for hydroxylation is 2. The Morgan fingerprint density at radius 3 is 2.62 bits per heavy atom. The number of nitrogens with zero attached hydrogens (tertiary/aromatic N) is 3. The summed E-state index contributed by atoms with van der Waals surface area (Å²) in [5, 5.41) is 0. The molecule has 1 aromatic heterocycles. The van der Waals surface area contributed by atoms with E-state index < -0.39 is 5.91 Å². The van der Waals surface area contributed by atoms with Gasteiger partial charge in [-0.2, -0.15) is 0 Å². The zero-order chi connectivity index (χ0) is 18.5. The minimum atomic E-state index is -0.428. The summed E-state index contributed by atoms with van der Waals surface area (Å²) in [5.74, 6) is 1.32. The number of rotatable bonds is 6. The number of amides is 1. The smallest absolute Gasteiger partial charge is 0.250 e. The number of carbonyl (C=O) groups excluding carboxylic acids is 1. The monoisotopic (exact) mass is 354 g/mol. The Hall–Kier alpha value is -2.60. The number of hydrogen-bond acceptors (Lipinski definition) is 5. The maximum Gasteiger partial charge on any atom is 0.250 e. The molecule has 0 bridgehead atoms. The van der Waals surface area contributed by atoms with Crippen LogP contribution in [0.3, 0.4) is 0 Å². The Morgan fingerprint density at radius 2 is 1.92 bits per heavy atom. The van der Waals surface area contributed by atoms with Gasteiger partial charge in [0.2, 0.25) is 0 Å². The number of nitrogens with two attached hydrogens (primary N) is 1. The van der Waals surface area contributed by atoms with Crippen molar-refractivity contribution in [1.29, 1.82) is 0 Å². The van der Waals surface area contributed by atoms with Crippen molar-refractivity contribution in [1.82, 2.24) is 9.88 Å². The first-order chi connectivity index (χ1) is 12.6. The van der Waals surface area contributed by atoms with Crippen LogP contribution in [0.4, 0.5) is 5.82 Å².